The van der Waals surface area contributed by atoms with E-state index >= 15 is 0 Å². The van der Waals surface area contributed by atoms with Crippen molar-refractivity contribution in [3.8, 4) is 0 Å². The Kier molecular flexibility index (Phi) is 2.50. The first-order valence-electron chi connectivity index (χ1n) is 4.95. The molecular weight excluding hydrogens is 216 g/mol. The monoisotopic (exact) mass is 228 g/mol. The molecule has 2 N–H and O–H groups in total. The van der Waals surface area contributed by atoms with Crippen LogP contribution in [0.5, 0.6) is 0 Å². The number of rotatable bonds is 1. The Morgan fingerprint density at radius 2 is 2.19 bits per heavy atom. The lowest BCUT2D eigenvalue weighted by Crippen LogP contribution is -2.67. The molecule has 8 heteroatoms. The van der Waals surface area contributed by atoms with Gasteiger partial charge in [0.25, 0.3) is 0 Å². The maximum absolute atomic E-state index is 11.5. The summed E-state index contributed by atoms with van der Waals surface area (Å²) in [7, 11) is 1.55. The zero-order valence-electron chi connectivity index (χ0n) is 8.67. The zero-order valence-corrected chi connectivity index (χ0v) is 8.67. The Morgan fingerprint density at radius 1 is 1.50 bits per heavy atom. The Morgan fingerprint density at radius 3 is 2.81 bits per heavy atom. The predicted molar refractivity (Wildman–Crippen MR) is 52.0 cm³/mol. The third kappa shape index (κ3) is 1.60. The van der Waals surface area contributed by atoms with Gasteiger partial charge in [-0.1, -0.05) is 0 Å². The van der Waals surface area contributed by atoms with Gasteiger partial charge < -0.3 is 4.90 Å². The van der Waals surface area contributed by atoms with Crippen LogP contribution in [0.1, 0.15) is 6.42 Å². The summed E-state index contributed by atoms with van der Waals surface area (Å²) in [6, 6.07) is -1.24. The van der Waals surface area contributed by atoms with Gasteiger partial charge in [-0.2, -0.15) is 0 Å². The number of carbonyl (C=O) groups excluding carboxylic acids is 2. The first-order chi connectivity index (χ1) is 7.50. The Hall–Kier alpha value is -1.70. The van der Waals surface area contributed by atoms with Crippen molar-refractivity contribution in [2.24, 2.45) is 5.92 Å². The van der Waals surface area contributed by atoms with E-state index in [0.717, 1.165) is 0 Å². The van der Waals surface area contributed by atoms with Crippen LogP contribution in [0.25, 0.3) is 0 Å². The summed E-state index contributed by atoms with van der Waals surface area (Å²) in [6.45, 7) is 0.180. The average molecular weight is 228 g/mol. The topological polar surface area (TPSA) is 105 Å². The van der Waals surface area contributed by atoms with Crippen LogP contribution in [0.15, 0.2) is 0 Å². The van der Waals surface area contributed by atoms with Crippen molar-refractivity contribution >= 4 is 11.9 Å². The molecule has 0 aromatic heterocycles. The molecule has 0 aromatic rings. The molecule has 16 heavy (non-hydrogen) atoms. The minimum Gasteiger partial charge on any atom is -0.311 e. The van der Waals surface area contributed by atoms with E-state index in [2.05, 4.69) is 10.6 Å². The minimum absolute atomic E-state index is 0.161. The fourth-order valence-corrected chi connectivity index (χ4v) is 2.13. The second kappa shape index (κ2) is 3.71. The predicted octanol–water partition coefficient (Wildman–Crippen LogP) is -1.25. The van der Waals surface area contributed by atoms with Gasteiger partial charge in [0.15, 0.2) is 0 Å². The van der Waals surface area contributed by atoms with Gasteiger partial charge in [0, 0.05) is 18.4 Å². The van der Waals surface area contributed by atoms with Gasteiger partial charge in [-0.05, 0) is 0 Å². The highest BCUT2D eigenvalue weighted by molar-refractivity contribution is 5.98. The van der Waals surface area contributed by atoms with Gasteiger partial charge in [-0.25, -0.2) is 4.79 Å². The molecule has 3 amide bonds. The number of nitro groups is 1. The van der Waals surface area contributed by atoms with Gasteiger partial charge in [-0.15, -0.1) is 0 Å². The van der Waals surface area contributed by atoms with Crippen LogP contribution in [0, 0.1) is 16.0 Å². The molecule has 2 aliphatic heterocycles. The van der Waals surface area contributed by atoms with Crippen molar-refractivity contribution in [1.29, 1.82) is 0 Å². The van der Waals surface area contributed by atoms with Crippen molar-refractivity contribution in [1.82, 2.24) is 15.5 Å². The van der Waals surface area contributed by atoms with Crippen LogP contribution in [-0.2, 0) is 4.79 Å². The SMILES string of the molecule is CN1C(=O)NC(=O)C2CC([N+](=O)[O-])CNC21. The molecule has 0 saturated carbocycles. The summed E-state index contributed by atoms with van der Waals surface area (Å²) in [6.07, 6.45) is -0.272. The molecule has 0 spiro atoms. The van der Waals surface area contributed by atoms with Crippen LogP contribution < -0.4 is 10.6 Å². The molecule has 2 fully saturated rings. The van der Waals surface area contributed by atoms with E-state index in [0.29, 0.717) is 0 Å². The number of nitrogens with one attached hydrogen (secondary N) is 2. The van der Waals surface area contributed by atoms with Gasteiger partial charge in [0.1, 0.15) is 0 Å². The van der Waals surface area contributed by atoms with E-state index < -0.39 is 35.0 Å². The third-order valence-electron chi connectivity index (χ3n) is 3.07. The average Bonchev–Trinajstić information content (AvgIpc) is 2.25. The van der Waals surface area contributed by atoms with E-state index in [1.807, 2.05) is 0 Å². The maximum Gasteiger partial charge on any atom is 0.325 e. The number of fused-ring (bicyclic) bond motifs is 1. The summed E-state index contributed by atoms with van der Waals surface area (Å²) < 4.78 is 0. The van der Waals surface area contributed by atoms with E-state index in [1.54, 1.807) is 7.05 Å². The Labute approximate surface area is 91.1 Å². The first kappa shape index (κ1) is 10.8. The molecule has 8 nitrogen and oxygen atoms in total. The van der Waals surface area contributed by atoms with Crippen molar-refractivity contribution in [2.75, 3.05) is 13.6 Å². The summed E-state index contributed by atoms with van der Waals surface area (Å²) >= 11 is 0. The summed E-state index contributed by atoms with van der Waals surface area (Å²) in [5.74, 6) is -0.987. The highest BCUT2D eigenvalue weighted by atomic mass is 16.6. The van der Waals surface area contributed by atoms with E-state index in [9.17, 15) is 19.7 Å². The number of urea groups is 1. The molecule has 88 valence electrons. The van der Waals surface area contributed by atoms with Gasteiger partial charge >= 0.3 is 6.03 Å². The fraction of sp³-hybridized carbons (Fsp3) is 0.750. The molecule has 0 aromatic carbocycles. The molecule has 2 aliphatic rings. The Balaban J connectivity index is 2.16. The summed E-state index contributed by atoms with van der Waals surface area (Å²) in [5, 5.41) is 15.7. The minimum atomic E-state index is -0.770. The molecule has 3 atom stereocenters. The normalized spacial score (nSPS) is 34.3. The standard InChI is InChI=1S/C8H12N4O4/c1-11-6-5(7(13)10-8(11)14)2-4(3-9-6)12(15)16/h4-6,9H,2-3H2,1H3,(H,10,13,14). The van der Waals surface area contributed by atoms with Crippen molar-refractivity contribution < 1.29 is 14.5 Å². The van der Waals surface area contributed by atoms with Crippen LogP contribution in [0.2, 0.25) is 0 Å². The van der Waals surface area contributed by atoms with Crippen LogP contribution in [-0.4, -0.2) is 47.6 Å². The highest BCUT2D eigenvalue weighted by Gasteiger charge is 2.46. The van der Waals surface area contributed by atoms with E-state index in [4.69, 9.17) is 0 Å². The van der Waals surface area contributed by atoms with Crippen LogP contribution >= 0.6 is 0 Å². The van der Waals surface area contributed by atoms with Crippen molar-refractivity contribution in [3.05, 3.63) is 10.1 Å². The highest BCUT2D eigenvalue weighted by Crippen LogP contribution is 2.23. The number of hydrogen-bond acceptors (Lipinski definition) is 5. The maximum atomic E-state index is 11.5. The first-order valence-corrected chi connectivity index (χ1v) is 4.95. The molecule has 0 radical (unpaired) electrons. The van der Waals surface area contributed by atoms with E-state index in [-0.39, 0.29) is 13.0 Å². The molecule has 2 heterocycles. The Bertz CT molecular complexity index is 358. The smallest absolute Gasteiger partial charge is 0.311 e. The molecule has 2 rings (SSSR count). The number of imide groups is 1. The van der Waals surface area contributed by atoms with E-state index in [1.165, 1.54) is 4.90 Å². The van der Waals surface area contributed by atoms with Gasteiger partial charge in [0.2, 0.25) is 11.9 Å². The zero-order chi connectivity index (χ0) is 11.9. The largest absolute Gasteiger partial charge is 0.325 e. The molecule has 3 unspecified atom stereocenters. The second-order valence-electron chi connectivity index (χ2n) is 4.04. The summed E-state index contributed by atoms with van der Waals surface area (Å²) in [4.78, 5) is 34.4. The van der Waals surface area contributed by atoms with Gasteiger partial charge in [-0.3, -0.25) is 25.5 Å². The number of amides is 3. The number of piperidine rings is 1. The lowest BCUT2D eigenvalue weighted by Gasteiger charge is -2.41. The summed E-state index contributed by atoms with van der Waals surface area (Å²) in [5.41, 5.74) is 0. The molecular formula is C8H12N4O4. The number of carbonyl (C=O) groups is 2. The molecule has 2 saturated heterocycles. The van der Waals surface area contributed by atoms with Crippen LogP contribution in [0.4, 0.5) is 4.79 Å². The van der Waals surface area contributed by atoms with Crippen molar-refractivity contribution in [3.63, 3.8) is 0 Å². The molecule has 0 bridgehead atoms. The molecule has 0 aliphatic carbocycles. The number of nitrogens with zero attached hydrogens (tertiary/aromatic N) is 2. The lowest BCUT2D eigenvalue weighted by molar-refractivity contribution is -0.525. The second-order valence-corrected chi connectivity index (χ2v) is 4.04. The number of hydrogen-bond donors (Lipinski definition) is 2. The van der Waals surface area contributed by atoms with Crippen molar-refractivity contribution in [2.45, 2.75) is 18.6 Å². The van der Waals surface area contributed by atoms with Crippen LogP contribution in [0.3, 0.4) is 0 Å². The third-order valence-corrected chi connectivity index (χ3v) is 3.07. The quantitative estimate of drug-likeness (QED) is 0.431. The van der Waals surface area contributed by atoms with Gasteiger partial charge in [0.05, 0.1) is 18.6 Å². The fourth-order valence-electron chi connectivity index (χ4n) is 2.13. The lowest BCUT2D eigenvalue weighted by atomic mass is 9.90.